The highest BCUT2D eigenvalue weighted by Crippen LogP contribution is 2.42. The lowest BCUT2D eigenvalue weighted by atomic mass is 9.73. The molecule has 0 spiro atoms. The molecule has 3 rings (SSSR count). The molecule has 2 N–H and O–H groups in total. The third kappa shape index (κ3) is 6.39. The first-order valence-electron chi connectivity index (χ1n) is 12.5. The van der Waals surface area contributed by atoms with Gasteiger partial charge in [0, 0.05) is 18.2 Å². The maximum Gasteiger partial charge on any atom is 0.328 e. The zero-order chi connectivity index (χ0) is 24.0. The number of cyclic esters (lactones) is 1. The maximum atomic E-state index is 13.1. The van der Waals surface area contributed by atoms with E-state index >= 15 is 0 Å². The van der Waals surface area contributed by atoms with Gasteiger partial charge >= 0.3 is 5.97 Å². The van der Waals surface area contributed by atoms with Crippen molar-refractivity contribution >= 4 is 11.9 Å². The minimum atomic E-state index is -0.763. The van der Waals surface area contributed by atoms with Crippen LogP contribution in [0, 0.1) is 23.7 Å². The monoisotopic (exact) mass is 460 g/mol. The highest BCUT2D eigenvalue weighted by atomic mass is 16.5. The summed E-state index contributed by atoms with van der Waals surface area (Å²) in [5, 5.41) is 13.0. The molecule has 1 aromatic rings. The average Bonchev–Trinajstić information content (AvgIpc) is 3.31. The lowest BCUT2D eigenvalue weighted by Gasteiger charge is -2.36. The Kier molecular flexibility index (Phi) is 8.98. The first-order chi connectivity index (χ1) is 15.8. The van der Waals surface area contributed by atoms with Crippen LogP contribution in [0.1, 0.15) is 89.0 Å². The van der Waals surface area contributed by atoms with Crippen LogP contribution in [0.5, 0.6) is 11.5 Å². The van der Waals surface area contributed by atoms with Gasteiger partial charge in [0.05, 0.1) is 7.11 Å². The van der Waals surface area contributed by atoms with E-state index in [1.807, 2.05) is 6.92 Å². The lowest BCUT2D eigenvalue weighted by molar-refractivity contribution is -0.155. The third-order valence-electron chi connectivity index (χ3n) is 7.43. The Bertz CT molecular complexity index is 806. The van der Waals surface area contributed by atoms with Crippen molar-refractivity contribution in [3.8, 4) is 11.5 Å². The molecule has 2 heterocycles. The predicted octanol–water partition coefficient (Wildman–Crippen LogP) is 4.87. The number of nitrogens with one attached hydrogen (secondary N) is 1. The number of aromatic nitrogens is 1. The number of pyridine rings is 1. The van der Waals surface area contributed by atoms with E-state index in [-0.39, 0.29) is 23.3 Å². The summed E-state index contributed by atoms with van der Waals surface area (Å²) in [7, 11) is 1.41. The number of esters is 1. The van der Waals surface area contributed by atoms with E-state index in [2.05, 4.69) is 24.1 Å². The fourth-order valence-electron chi connectivity index (χ4n) is 5.74. The molecule has 1 aliphatic carbocycles. The zero-order valence-corrected chi connectivity index (χ0v) is 20.5. The molecule has 4 atom stereocenters. The first-order valence-corrected chi connectivity index (χ1v) is 12.5. The second-order valence-electron chi connectivity index (χ2n) is 10.2. The summed E-state index contributed by atoms with van der Waals surface area (Å²) in [5.41, 5.74) is -0.159. The van der Waals surface area contributed by atoms with Gasteiger partial charge in [-0.1, -0.05) is 52.4 Å². The van der Waals surface area contributed by atoms with Gasteiger partial charge in [0.25, 0.3) is 5.91 Å². The van der Waals surface area contributed by atoms with Gasteiger partial charge in [0.15, 0.2) is 17.2 Å². The van der Waals surface area contributed by atoms with Gasteiger partial charge in [-0.05, 0) is 43.9 Å². The van der Waals surface area contributed by atoms with Gasteiger partial charge in [-0.15, -0.1) is 0 Å². The zero-order valence-electron chi connectivity index (χ0n) is 20.5. The van der Waals surface area contributed by atoms with E-state index in [9.17, 15) is 14.7 Å². The van der Waals surface area contributed by atoms with E-state index in [1.165, 1.54) is 51.5 Å². The molecule has 7 nitrogen and oxygen atoms in total. The van der Waals surface area contributed by atoms with Crippen molar-refractivity contribution in [3.63, 3.8) is 0 Å². The van der Waals surface area contributed by atoms with Crippen molar-refractivity contribution in [2.45, 2.75) is 90.7 Å². The maximum absolute atomic E-state index is 13.1. The van der Waals surface area contributed by atoms with Gasteiger partial charge in [-0.3, -0.25) is 4.79 Å². The molecule has 2 fully saturated rings. The number of ether oxygens (including phenoxy) is 2. The Morgan fingerprint density at radius 2 is 1.97 bits per heavy atom. The number of amides is 1. The van der Waals surface area contributed by atoms with Crippen LogP contribution in [0.15, 0.2) is 12.3 Å². The second-order valence-corrected chi connectivity index (χ2v) is 10.2. The Labute approximate surface area is 197 Å². The standard InChI is InChI=1S/C26H40N2O5/c1-16(2)12-13-19-10-7-11-20(26(31)33-17(3)22(19)18-8-5-6-9-18)28-25(30)23-24(29)21(32-4)14-15-27-23/h14-20,22,29H,5-13H2,1-4H3,(H,28,30). The van der Waals surface area contributed by atoms with Crippen LogP contribution >= 0.6 is 0 Å². The van der Waals surface area contributed by atoms with Crippen LogP contribution in [-0.2, 0) is 9.53 Å². The van der Waals surface area contributed by atoms with Crippen LogP contribution in [0.25, 0.3) is 0 Å². The predicted molar refractivity (Wildman–Crippen MR) is 126 cm³/mol. The quantitative estimate of drug-likeness (QED) is 0.564. The molecule has 0 radical (unpaired) electrons. The van der Waals surface area contributed by atoms with Gasteiger partial charge in [-0.25, -0.2) is 9.78 Å². The van der Waals surface area contributed by atoms with Crippen molar-refractivity contribution < 1.29 is 24.2 Å². The molecule has 1 aromatic heterocycles. The highest BCUT2D eigenvalue weighted by Gasteiger charge is 2.39. The molecule has 184 valence electrons. The molecule has 2 aliphatic rings. The van der Waals surface area contributed by atoms with Crippen LogP contribution in [-0.4, -0.2) is 41.2 Å². The van der Waals surface area contributed by atoms with Crippen LogP contribution < -0.4 is 10.1 Å². The molecule has 33 heavy (non-hydrogen) atoms. The number of hydrogen-bond acceptors (Lipinski definition) is 6. The minimum absolute atomic E-state index is 0.159. The van der Waals surface area contributed by atoms with Crippen molar-refractivity contribution in [1.29, 1.82) is 0 Å². The summed E-state index contributed by atoms with van der Waals surface area (Å²) in [6.45, 7) is 6.55. The highest BCUT2D eigenvalue weighted by molar-refractivity contribution is 5.97. The number of nitrogens with zero attached hydrogens (tertiary/aromatic N) is 1. The normalized spacial score (nSPS) is 26.9. The number of hydrogen-bond donors (Lipinski definition) is 2. The van der Waals surface area contributed by atoms with Gasteiger partial charge in [0.2, 0.25) is 0 Å². The Morgan fingerprint density at radius 3 is 2.64 bits per heavy atom. The van der Waals surface area contributed by atoms with Crippen LogP contribution in [0.2, 0.25) is 0 Å². The van der Waals surface area contributed by atoms with Crippen molar-refractivity contribution in [2.24, 2.45) is 23.7 Å². The smallest absolute Gasteiger partial charge is 0.328 e. The van der Waals surface area contributed by atoms with Crippen molar-refractivity contribution in [2.75, 3.05) is 7.11 Å². The summed E-state index contributed by atoms with van der Waals surface area (Å²) in [6.07, 6.45) is 10.9. The average molecular weight is 461 g/mol. The van der Waals surface area contributed by atoms with E-state index in [4.69, 9.17) is 9.47 Å². The second kappa shape index (κ2) is 11.7. The summed E-state index contributed by atoms with van der Waals surface area (Å²) < 4.78 is 11.1. The van der Waals surface area contributed by atoms with E-state index in [0.29, 0.717) is 30.1 Å². The summed E-state index contributed by atoms with van der Waals surface area (Å²) in [5.74, 6) is 0.967. The summed E-state index contributed by atoms with van der Waals surface area (Å²) >= 11 is 0. The minimum Gasteiger partial charge on any atom is -0.503 e. The topological polar surface area (TPSA) is 97.8 Å². The lowest BCUT2D eigenvalue weighted by Crippen LogP contribution is -2.44. The molecule has 1 amide bonds. The largest absolute Gasteiger partial charge is 0.503 e. The van der Waals surface area contributed by atoms with E-state index < -0.39 is 17.9 Å². The Hall–Kier alpha value is -2.31. The van der Waals surface area contributed by atoms with Crippen molar-refractivity contribution in [3.05, 3.63) is 18.0 Å². The van der Waals surface area contributed by atoms with Gasteiger partial charge in [-0.2, -0.15) is 0 Å². The third-order valence-corrected chi connectivity index (χ3v) is 7.43. The summed E-state index contributed by atoms with van der Waals surface area (Å²) in [4.78, 5) is 29.9. The molecule has 4 unspecified atom stereocenters. The molecule has 0 bridgehead atoms. The molecular formula is C26H40N2O5. The Morgan fingerprint density at radius 1 is 1.24 bits per heavy atom. The molecular weight excluding hydrogens is 420 g/mol. The SMILES string of the molecule is COc1ccnc(C(=O)NC2CCCC(CCC(C)C)C(C3CCCC3)C(C)OC2=O)c1O. The number of carbonyl (C=O) groups is 2. The fourth-order valence-corrected chi connectivity index (χ4v) is 5.74. The Balaban J connectivity index is 1.76. The molecule has 1 aliphatic heterocycles. The molecule has 0 aromatic carbocycles. The first kappa shape index (κ1) is 25.3. The number of methoxy groups -OCH3 is 1. The van der Waals surface area contributed by atoms with Crippen LogP contribution in [0.3, 0.4) is 0 Å². The number of aromatic hydroxyl groups is 1. The fraction of sp³-hybridized carbons (Fsp3) is 0.731. The number of rotatable bonds is 7. The van der Waals surface area contributed by atoms with Crippen molar-refractivity contribution in [1.82, 2.24) is 10.3 Å². The van der Waals surface area contributed by atoms with E-state index in [0.717, 1.165) is 19.3 Å². The molecule has 1 saturated carbocycles. The molecule has 1 saturated heterocycles. The van der Waals surface area contributed by atoms with Crippen LogP contribution in [0.4, 0.5) is 0 Å². The van der Waals surface area contributed by atoms with Gasteiger partial charge < -0.3 is 19.9 Å². The number of carbonyl (C=O) groups excluding carboxylic acids is 2. The summed E-state index contributed by atoms with van der Waals surface area (Å²) in [6, 6.07) is 0.711. The molecule has 7 heteroatoms. The van der Waals surface area contributed by atoms with Gasteiger partial charge in [0.1, 0.15) is 12.1 Å². The van der Waals surface area contributed by atoms with E-state index in [1.54, 1.807) is 0 Å².